The zero-order valence-corrected chi connectivity index (χ0v) is 11.4. The number of hydrogen-bond acceptors (Lipinski definition) is 8. The molecule has 0 saturated heterocycles. The first-order valence-corrected chi connectivity index (χ1v) is 5.61. The van der Waals surface area contributed by atoms with Crippen LogP contribution in [-0.4, -0.2) is 55.9 Å². The molecular weight excluding hydrogens is 252 g/mol. The molecule has 0 aromatic rings. The number of rotatable bonds is 6. The minimum absolute atomic E-state index is 0.0891. The molecule has 0 radical (unpaired) electrons. The van der Waals surface area contributed by atoms with Crippen molar-refractivity contribution in [3.63, 3.8) is 0 Å². The average molecular weight is 272 g/mol. The third-order valence-electron chi connectivity index (χ3n) is 2.02. The van der Waals surface area contributed by atoms with Gasteiger partial charge in [0.05, 0.1) is 11.4 Å². The van der Waals surface area contributed by atoms with Crippen LogP contribution in [0.1, 0.15) is 34.1 Å². The summed E-state index contributed by atoms with van der Waals surface area (Å²) < 4.78 is 0. The number of aliphatic hydroxyl groups is 4. The van der Waals surface area contributed by atoms with Crippen LogP contribution in [0, 0.1) is 0 Å². The molecule has 0 saturated carbocycles. The van der Waals surface area contributed by atoms with Crippen molar-refractivity contribution in [3.8, 4) is 0 Å². The molecule has 0 heterocycles. The topological polar surface area (TPSA) is 130 Å². The fourth-order valence-corrected chi connectivity index (χ4v) is 0.873. The highest BCUT2D eigenvalue weighted by molar-refractivity contribution is 6.02. The van der Waals surface area contributed by atoms with Gasteiger partial charge in [0, 0.05) is 17.8 Å². The van der Waals surface area contributed by atoms with E-state index in [9.17, 15) is 0 Å². The molecule has 0 amide bonds. The summed E-state index contributed by atoms with van der Waals surface area (Å²) in [7, 11) is 0. The molecule has 8 heteroatoms. The van der Waals surface area contributed by atoms with Crippen LogP contribution in [-0.2, 0) is 0 Å². The molecule has 19 heavy (non-hydrogen) atoms. The van der Waals surface area contributed by atoms with E-state index in [2.05, 4.69) is 20.4 Å². The van der Waals surface area contributed by atoms with E-state index in [-0.39, 0.29) is 11.4 Å². The number of aliphatic hydroxyl groups excluding tert-OH is 2. The van der Waals surface area contributed by atoms with E-state index in [4.69, 9.17) is 20.4 Å². The fraction of sp³-hybridized carbons (Fsp3) is 0.636. The Labute approximate surface area is 111 Å². The molecule has 108 valence electrons. The molecule has 0 aliphatic carbocycles. The van der Waals surface area contributed by atoms with E-state index in [0.717, 1.165) is 0 Å². The molecular formula is C11H20N4O4. The number of hydrogen-bond donors (Lipinski definition) is 4. The van der Waals surface area contributed by atoms with Crippen LogP contribution in [0.3, 0.4) is 0 Å². The van der Waals surface area contributed by atoms with Crippen LogP contribution < -0.4 is 0 Å². The van der Waals surface area contributed by atoms with Gasteiger partial charge < -0.3 is 20.4 Å². The highest BCUT2D eigenvalue weighted by Gasteiger charge is 2.02. The predicted molar refractivity (Wildman–Crippen MR) is 73.5 cm³/mol. The van der Waals surface area contributed by atoms with Crippen LogP contribution in [0.4, 0.5) is 0 Å². The van der Waals surface area contributed by atoms with Crippen molar-refractivity contribution >= 4 is 22.8 Å². The monoisotopic (exact) mass is 272 g/mol. The van der Waals surface area contributed by atoms with Crippen molar-refractivity contribution in [3.05, 3.63) is 0 Å². The highest BCUT2D eigenvalue weighted by Crippen LogP contribution is 1.95. The molecule has 0 spiro atoms. The Balaban J connectivity index is 4.61. The minimum atomic E-state index is -1.62. The van der Waals surface area contributed by atoms with Crippen LogP contribution >= 0.6 is 0 Å². The van der Waals surface area contributed by atoms with Crippen molar-refractivity contribution in [1.29, 1.82) is 0 Å². The van der Waals surface area contributed by atoms with E-state index in [1.54, 1.807) is 13.8 Å². The zero-order chi connectivity index (χ0) is 15.0. The third kappa shape index (κ3) is 8.27. The van der Waals surface area contributed by atoms with Gasteiger partial charge in [-0.25, -0.2) is 0 Å². The van der Waals surface area contributed by atoms with Gasteiger partial charge in [0.2, 0.25) is 0 Å². The van der Waals surface area contributed by atoms with Gasteiger partial charge in [0.25, 0.3) is 0 Å². The molecule has 0 aromatic heterocycles. The summed E-state index contributed by atoms with van der Waals surface area (Å²) >= 11 is 0. The Kier molecular flexibility index (Phi) is 7.92. The van der Waals surface area contributed by atoms with Gasteiger partial charge in [-0.15, -0.1) is 0 Å². The Morgan fingerprint density at radius 1 is 0.684 bits per heavy atom. The van der Waals surface area contributed by atoms with Crippen LogP contribution in [0.25, 0.3) is 0 Å². The zero-order valence-electron chi connectivity index (χ0n) is 11.4. The summed E-state index contributed by atoms with van der Waals surface area (Å²) in [5, 5.41) is 50.0. The van der Waals surface area contributed by atoms with Crippen LogP contribution in [0.15, 0.2) is 20.4 Å². The lowest BCUT2D eigenvalue weighted by atomic mass is 10.2. The molecule has 8 nitrogen and oxygen atoms in total. The van der Waals surface area contributed by atoms with Gasteiger partial charge in [-0.1, -0.05) is 0 Å². The lowest BCUT2D eigenvalue weighted by Crippen LogP contribution is -2.15. The van der Waals surface area contributed by atoms with Gasteiger partial charge in [-0.3, -0.25) is 0 Å². The largest absolute Gasteiger partial charge is 0.363 e. The number of nitrogens with zero attached hydrogens (tertiary/aromatic N) is 4. The van der Waals surface area contributed by atoms with E-state index in [1.165, 1.54) is 13.8 Å². The molecule has 0 rings (SSSR count). The lowest BCUT2D eigenvalue weighted by molar-refractivity contribution is 0.0184. The molecule has 0 aromatic carbocycles. The van der Waals surface area contributed by atoms with E-state index < -0.39 is 12.6 Å². The van der Waals surface area contributed by atoms with E-state index in [0.29, 0.717) is 17.8 Å². The minimum Gasteiger partial charge on any atom is -0.363 e. The van der Waals surface area contributed by atoms with E-state index >= 15 is 0 Å². The maximum atomic E-state index is 8.78. The second kappa shape index (κ2) is 8.59. The van der Waals surface area contributed by atoms with Gasteiger partial charge in [0.15, 0.2) is 12.6 Å². The van der Waals surface area contributed by atoms with Crippen molar-refractivity contribution in [2.45, 2.75) is 46.7 Å². The third-order valence-corrected chi connectivity index (χ3v) is 2.02. The predicted octanol–water partition coefficient (Wildman–Crippen LogP) is -0.329. The quantitative estimate of drug-likeness (QED) is 0.299. The fourth-order valence-electron chi connectivity index (χ4n) is 0.873. The summed E-state index contributed by atoms with van der Waals surface area (Å²) in [6.07, 6.45) is -2.86. The van der Waals surface area contributed by atoms with Crippen molar-refractivity contribution in [1.82, 2.24) is 0 Å². The first-order chi connectivity index (χ1) is 8.73. The van der Waals surface area contributed by atoms with Crippen LogP contribution in [0.5, 0.6) is 0 Å². The molecule has 4 N–H and O–H groups in total. The van der Waals surface area contributed by atoms with Crippen molar-refractivity contribution in [2.75, 3.05) is 0 Å². The SMILES string of the molecule is C/C(C/C(C)=N/N=C(\C)C(O)O)=N\N=C(/C)C(O)O. The van der Waals surface area contributed by atoms with E-state index in [1.807, 2.05) is 0 Å². The molecule has 0 bridgehead atoms. The maximum absolute atomic E-state index is 8.78. The first kappa shape index (κ1) is 17.5. The first-order valence-electron chi connectivity index (χ1n) is 5.61. The van der Waals surface area contributed by atoms with Gasteiger partial charge in [-0.05, 0) is 27.7 Å². The molecule has 0 aliphatic heterocycles. The molecule has 0 aliphatic rings. The Hall–Kier alpha value is -1.48. The van der Waals surface area contributed by atoms with Crippen LogP contribution in [0.2, 0.25) is 0 Å². The molecule has 0 unspecified atom stereocenters. The second-order valence-electron chi connectivity index (χ2n) is 4.08. The van der Waals surface area contributed by atoms with Crippen molar-refractivity contribution in [2.24, 2.45) is 20.4 Å². The van der Waals surface area contributed by atoms with Gasteiger partial charge in [0.1, 0.15) is 0 Å². The lowest BCUT2D eigenvalue weighted by Gasteiger charge is -2.01. The molecule has 0 fully saturated rings. The summed E-state index contributed by atoms with van der Waals surface area (Å²) in [4.78, 5) is 0. The second-order valence-corrected chi connectivity index (χ2v) is 4.08. The molecule has 0 atom stereocenters. The standard InChI is InChI=1S/C11H20N4O4/c1-6(12-14-8(3)10(16)17)5-7(2)13-15-9(4)11(18)19/h10-11,16-19H,5H2,1-4H3/b12-6+,13-7+,14-8+,15-9+. The summed E-state index contributed by atoms with van der Waals surface area (Å²) in [6, 6.07) is 0. The Bertz CT molecular complexity index is 373. The van der Waals surface area contributed by atoms with Gasteiger partial charge >= 0.3 is 0 Å². The maximum Gasteiger partial charge on any atom is 0.193 e. The Morgan fingerprint density at radius 3 is 1.26 bits per heavy atom. The normalized spacial score (nSPS) is 15.7. The smallest absolute Gasteiger partial charge is 0.193 e. The summed E-state index contributed by atoms with van der Waals surface area (Å²) in [5.74, 6) is 0. The average Bonchev–Trinajstić information content (AvgIpc) is 2.32. The van der Waals surface area contributed by atoms with Gasteiger partial charge in [-0.2, -0.15) is 20.4 Å². The van der Waals surface area contributed by atoms with Crippen molar-refractivity contribution < 1.29 is 20.4 Å². The highest BCUT2D eigenvalue weighted by atomic mass is 16.5. The summed E-state index contributed by atoms with van der Waals surface area (Å²) in [5.41, 5.74) is 1.40. The Morgan fingerprint density at radius 2 is 1.00 bits per heavy atom. The summed E-state index contributed by atoms with van der Waals surface area (Å²) in [6.45, 7) is 6.30.